The van der Waals surface area contributed by atoms with Crippen LogP contribution in [0.15, 0.2) is 18.2 Å². The van der Waals surface area contributed by atoms with Crippen molar-refractivity contribution in [3.8, 4) is 0 Å². The van der Waals surface area contributed by atoms with Gasteiger partial charge in [-0.25, -0.2) is 0 Å². The molecule has 1 atom stereocenters. The number of hydrogen-bond acceptors (Lipinski definition) is 3. The Kier molecular flexibility index (Phi) is 5.70. The predicted molar refractivity (Wildman–Crippen MR) is 75.8 cm³/mol. The summed E-state index contributed by atoms with van der Waals surface area (Å²) < 4.78 is 0. The summed E-state index contributed by atoms with van der Waals surface area (Å²) in [6.45, 7) is 5.66. The van der Waals surface area contributed by atoms with E-state index < -0.39 is 12.1 Å². The number of carboxylic acid groups (broad SMARTS) is 1. The number of aryl methyl sites for hydroxylation is 2. The molecule has 0 aliphatic rings. The van der Waals surface area contributed by atoms with Gasteiger partial charge in [-0.3, -0.25) is 9.59 Å². The van der Waals surface area contributed by atoms with Crippen LogP contribution >= 0.6 is 0 Å². The van der Waals surface area contributed by atoms with Crippen LogP contribution in [0.3, 0.4) is 0 Å². The number of aliphatic hydroxyl groups excluding tert-OH is 1. The lowest BCUT2D eigenvalue weighted by Crippen LogP contribution is -2.38. The quantitative estimate of drug-likeness (QED) is 0.829. The number of aliphatic hydroxyl groups is 1. The number of aliphatic carboxylic acids is 1. The van der Waals surface area contributed by atoms with Crippen molar-refractivity contribution in [2.45, 2.75) is 33.3 Å². The van der Waals surface area contributed by atoms with Crippen molar-refractivity contribution in [3.63, 3.8) is 0 Å². The first-order valence-electron chi connectivity index (χ1n) is 6.57. The minimum Gasteiger partial charge on any atom is -0.481 e. The van der Waals surface area contributed by atoms with E-state index in [1.807, 2.05) is 19.9 Å². The Balaban J connectivity index is 2.90. The molecule has 0 aliphatic carbocycles. The van der Waals surface area contributed by atoms with Gasteiger partial charge in [0.05, 0.1) is 12.5 Å². The molecule has 1 unspecified atom stereocenters. The summed E-state index contributed by atoms with van der Waals surface area (Å²) in [5, 5.41) is 18.2. The normalized spacial score (nSPS) is 12.0. The van der Waals surface area contributed by atoms with Crippen molar-refractivity contribution in [1.29, 1.82) is 0 Å². The fourth-order valence-electron chi connectivity index (χ4n) is 1.88. The van der Waals surface area contributed by atoms with Crippen molar-refractivity contribution >= 4 is 11.9 Å². The number of rotatable bonds is 6. The topological polar surface area (TPSA) is 77.8 Å². The number of hydrogen-bond donors (Lipinski definition) is 2. The van der Waals surface area contributed by atoms with E-state index in [9.17, 15) is 14.7 Å². The zero-order chi connectivity index (χ0) is 15.3. The summed E-state index contributed by atoms with van der Waals surface area (Å²) in [7, 11) is 0. The molecule has 0 saturated carbocycles. The lowest BCUT2D eigenvalue weighted by atomic mass is 10.1. The summed E-state index contributed by atoms with van der Waals surface area (Å²) in [6.07, 6.45) is -0.831. The van der Waals surface area contributed by atoms with Crippen LogP contribution in [0, 0.1) is 13.8 Å². The van der Waals surface area contributed by atoms with Gasteiger partial charge < -0.3 is 15.1 Å². The van der Waals surface area contributed by atoms with E-state index in [1.54, 1.807) is 19.1 Å². The number of benzene rings is 1. The van der Waals surface area contributed by atoms with Crippen LogP contribution < -0.4 is 0 Å². The average molecular weight is 279 g/mol. The maximum Gasteiger partial charge on any atom is 0.305 e. The van der Waals surface area contributed by atoms with E-state index in [4.69, 9.17) is 5.11 Å². The zero-order valence-corrected chi connectivity index (χ0v) is 12.1. The van der Waals surface area contributed by atoms with E-state index in [-0.39, 0.29) is 25.4 Å². The number of carbonyl (C=O) groups is 2. The molecule has 20 heavy (non-hydrogen) atoms. The average Bonchev–Trinajstić information content (AvgIpc) is 2.36. The maximum absolute atomic E-state index is 12.4. The maximum atomic E-state index is 12.4. The van der Waals surface area contributed by atoms with E-state index >= 15 is 0 Å². The van der Waals surface area contributed by atoms with E-state index in [1.165, 1.54) is 4.90 Å². The van der Waals surface area contributed by atoms with Crippen molar-refractivity contribution in [3.05, 3.63) is 34.9 Å². The molecule has 110 valence electrons. The van der Waals surface area contributed by atoms with Gasteiger partial charge >= 0.3 is 5.97 Å². The molecular formula is C15H21NO4. The van der Waals surface area contributed by atoms with E-state index in [2.05, 4.69) is 0 Å². The van der Waals surface area contributed by atoms with Crippen LogP contribution in [0.2, 0.25) is 0 Å². The summed E-state index contributed by atoms with van der Waals surface area (Å²) in [6, 6.07) is 5.37. The zero-order valence-electron chi connectivity index (χ0n) is 12.1. The van der Waals surface area contributed by atoms with Gasteiger partial charge in [0, 0.05) is 18.7 Å². The van der Waals surface area contributed by atoms with Crippen LogP contribution in [0.1, 0.15) is 34.8 Å². The third-order valence-electron chi connectivity index (χ3n) is 3.12. The summed E-state index contributed by atoms with van der Waals surface area (Å²) in [5.74, 6) is -1.22. The largest absolute Gasteiger partial charge is 0.481 e. The Morgan fingerprint density at radius 1 is 1.25 bits per heavy atom. The fraction of sp³-hybridized carbons (Fsp3) is 0.467. The molecular weight excluding hydrogens is 258 g/mol. The Hall–Kier alpha value is -1.88. The van der Waals surface area contributed by atoms with Crippen molar-refractivity contribution in [1.82, 2.24) is 4.90 Å². The highest BCUT2D eigenvalue weighted by Gasteiger charge is 2.18. The minimum absolute atomic E-state index is 0.0893. The minimum atomic E-state index is -0.964. The Labute approximate surface area is 118 Å². The second-order valence-electron chi connectivity index (χ2n) is 5.04. The van der Waals surface area contributed by atoms with Gasteiger partial charge in [-0.2, -0.15) is 0 Å². The number of nitrogens with zero attached hydrogens (tertiary/aromatic N) is 1. The first-order chi connectivity index (χ1) is 9.31. The third-order valence-corrected chi connectivity index (χ3v) is 3.12. The second kappa shape index (κ2) is 7.05. The fourth-order valence-corrected chi connectivity index (χ4v) is 1.88. The van der Waals surface area contributed by atoms with E-state index in [0.717, 1.165) is 11.1 Å². The first-order valence-corrected chi connectivity index (χ1v) is 6.57. The summed E-state index contributed by atoms with van der Waals surface area (Å²) in [5.41, 5.74) is 2.61. The molecule has 1 aromatic rings. The SMILES string of the molecule is Cc1ccc(C(=O)N(CCC(=O)O)CC(C)O)cc1C. The Bertz CT molecular complexity index is 497. The van der Waals surface area contributed by atoms with Gasteiger partial charge in [0.15, 0.2) is 0 Å². The number of carboxylic acids is 1. The lowest BCUT2D eigenvalue weighted by molar-refractivity contribution is -0.137. The van der Waals surface area contributed by atoms with Gasteiger partial charge in [0.2, 0.25) is 0 Å². The van der Waals surface area contributed by atoms with Gasteiger partial charge in [0.1, 0.15) is 0 Å². The first kappa shape index (κ1) is 16.2. The predicted octanol–water partition coefficient (Wildman–Crippen LogP) is 1.60. The summed E-state index contributed by atoms with van der Waals surface area (Å²) >= 11 is 0. The number of amides is 1. The van der Waals surface area contributed by atoms with Crippen LogP contribution in [0.25, 0.3) is 0 Å². The van der Waals surface area contributed by atoms with Crippen LogP contribution in [0.4, 0.5) is 0 Å². The smallest absolute Gasteiger partial charge is 0.305 e. The van der Waals surface area contributed by atoms with Crippen LogP contribution in [-0.4, -0.2) is 46.2 Å². The van der Waals surface area contributed by atoms with Gasteiger partial charge in [-0.15, -0.1) is 0 Å². The standard InChI is InChI=1S/C15H21NO4/c1-10-4-5-13(8-11(10)2)15(20)16(9-12(3)17)7-6-14(18)19/h4-5,8,12,17H,6-7,9H2,1-3H3,(H,18,19). The van der Waals surface area contributed by atoms with Crippen LogP contribution in [-0.2, 0) is 4.79 Å². The van der Waals surface area contributed by atoms with Crippen molar-refractivity contribution in [2.75, 3.05) is 13.1 Å². The van der Waals surface area contributed by atoms with E-state index in [0.29, 0.717) is 5.56 Å². The molecule has 0 heterocycles. The Morgan fingerprint density at radius 3 is 2.40 bits per heavy atom. The van der Waals surface area contributed by atoms with Gasteiger partial charge in [0.25, 0.3) is 5.91 Å². The summed E-state index contributed by atoms with van der Waals surface area (Å²) in [4.78, 5) is 24.4. The molecule has 0 saturated heterocycles. The van der Waals surface area contributed by atoms with Crippen molar-refractivity contribution < 1.29 is 19.8 Å². The highest BCUT2D eigenvalue weighted by Crippen LogP contribution is 2.13. The molecule has 2 N–H and O–H groups in total. The second-order valence-corrected chi connectivity index (χ2v) is 5.04. The third kappa shape index (κ3) is 4.66. The molecule has 5 heteroatoms. The van der Waals surface area contributed by atoms with Crippen molar-refractivity contribution in [2.24, 2.45) is 0 Å². The molecule has 1 rings (SSSR count). The monoisotopic (exact) mass is 279 g/mol. The molecule has 1 aromatic carbocycles. The van der Waals surface area contributed by atoms with Crippen LogP contribution in [0.5, 0.6) is 0 Å². The highest BCUT2D eigenvalue weighted by atomic mass is 16.4. The van der Waals surface area contributed by atoms with Gasteiger partial charge in [-0.1, -0.05) is 6.07 Å². The lowest BCUT2D eigenvalue weighted by Gasteiger charge is -2.23. The molecule has 0 fully saturated rings. The molecule has 0 aromatic heterocycles. The number of carbonyl (C=O) groups excluding carboxylic acids is 1. The Morgan fingerprint density at radius 2 is 1.90 bits per heavy atom. The molecule has 5 nitrogen and oxygen atoms in total. The molecule has 0 spiro atoms. The molecule has 0 bridgehead atoms. The highest BCUT2D eigenvalue weighted by molar-refractivity contribution is 5.94. The van der Waals surface area contributed by atoms with Gasteiger partial charge in [-0.05, 0) is 44.0 Å². The molecule has 0 radical (unpaired) electrons. The molecule has 0 aliphatic heterocycles. The molecule has 1 amide bonds.